The normalized spacial score (nSPS) is 28.3. The van der Waals surface area contributed by atoms with Crippen LogP contribution >= 0.6 is 11.6 Å². The second-order valence-corrected chi connectivity index (χ2v) is 5.15. The van der Waals surface area contributed by atoms with Gasteiger partial charge in [-0.1, -0.05) is 11.6 Å². The minimum absolute atomic E-state index is 0.219. The van der Waals surface area contributed by atoms with E-state index in [1.54, 1.807) is 0 Å². The van der Waals surface area contributed by atoms with Crippen molar-refractivity contribution in [2.45, 2.75) is 31.3 Å². The molecule has 0 aromatic heterocycles. The van der Waals surface area contributed by atoms with Crippen LogP contribution in [0.2, 0.25) is 5.02 Å². The summed E-state index contributed by atoms with van der Waals surface area (Å²) in [5.74, 6) is 0.219. The van der Waals surface area contributed by atoms with Gasteiger partial charge in [-0.25, -0.2) is 0 Å². The van der Waals surface area contributed by atoms with Crippen LogP contribution in [0.4, 0.5) is 5.69 Å². The van der Waals surface area contributed by atoms with E-state index in [9.17, 15) is 4.79 Å². The van der Waals surface area contributed by atoms with Gasteiger partial charge in [0.15, 0.2) is 0 Å². The van der Waals surface area contributed by atoms with E-state index in [-0.39, 0.29) is 5.91 Å². The van der Waals surface area contributed by atoms with Crippen molar-refractivity contribution in [3.05, 3.63) is 29.3 Å². The molecule has 2 unspecified atom stereocenters. The van der Waals surface area contributed by atoms with Crippen LogP contribution in [0.15, 0.2) is 24.3 Å². The van der Waals surface area contributed by atoms with Gasteiger partial charge in [-0.05, 0) is 43.7 Å². The number of nitrogens with zero attached hydrogens (tertiary/aromatic N) is 1. The van der Waals surface area contributed by atoms with E-state index in [1.165, 1.54) is 0 Å². The maximum atomic E-state index is 12.1. The van der Waals surface area contributed by atoms with E-state index < -0.39 is 0 Å². The summed E-state index contributed by atoms with van der Waals surface area (Å²) in [6, 6.07) is 8.18. The zero-order valence-electron chi connectivity index (χ0n) is 9.53. The summed E-state index contributed by atoms with van der Waals surface area (Å²) in [4.78, 5) is 14.0. The highest BCUT2D eigenvalue weighted by Gasteiger charge is 2.41. The van der Waals surface area contributed by atoms with E-state index in [1.807, 2.05) is 29.2 Å². The molecule has 4 heteroatoms. The Morgan fingerprint density at radius 1 is 1.29 bits per heavy atom. The van der Waals surface area contributed by atoms with Gasteiger partial charge in [0, 0.05) is 23.2 Å². The maximum absolute atomic E-state index is 12.1. The summed E-state index contributed by atoms with van der Waals surface area (Å²) in [6.45, 7) is 1.03. The number of hydrogen-bond acceptors (Lipinski definition) is 2. The molecule has 2 atom stereocenters. The number of nitrogens with one attached hydrogen (secondary N) is 1. The average Bonchev–Trinajstić information content (AvgIpc) is 2.66. The number of anilines is 1. The van der Waals surface area contributed by atoms with Crippen molar-refractivity contribution in [2.24, 2.45) is 0 Å². The molecule has 2 fully saturated rings. The number of hydrogen-bond donors (Lipinski definition) is 1. The highest BCUT2D eigenvalue weighted by Crippen LogP contribution is 2.31. The molecule has 0 radical (unpaired) electrons. The molecule has 1 amide bonds. The molecule has 2 aliphatic rings. The Morgan fingerprint density at radius 2 is 2.06 bits per heavy atom. The van der Waals surface area contributed by atoms with Gasteiger partial charge in [0.1, 0.15) is 0 Å². The summed E-state index contributed by atoms with van der Waals surface area (Å²) >= 11 is 5.88. The Balaban J connectivity index is 1.90. The minimum Gasteiger partial charge on any atom is -0.311 e. The molecule has 2 heterocycles. The number of fused-ring (bicyclic) bond motifs is 1. The molecule has 3 nitrogen and oxygen atoms in total. The van der Waals surface area contributed by atoms with Gasteiger partial charge in [0.05, 0.1) is 6.04 Å². The second kappa shape index (κ2) is 4.31. The van der Waals surface area contributed by atoms with Gasteiger partial charge >= 0.3 is 0 Å². The van der Waals surface area contributed by atoms with Crippen LogP contribution in [0.3, 0.4) is 0 Å². The van der Waals surface area contributed by atoms with Gasteiger partial charge in [-0.2, -0.15) is 0 Å². The van der Waals surface area contributed by atoms with Crippen LogP contribution in [-0.4, -0.2) is 24.5 Å². The Hall–Kier alpha value is -1.06. The van der Waals surface area contributed by atoms with E-state index >= 15 is 0 Å². The van der Waals surface area contributed by atoms with Crippen molar-refractivity contribution in [3.63, 3.8) is 0 Å². The fourth-order valence-corrected chi connectivity index (χ4v) is 2.99. The molecule has 2 aliphatic heterocycles. The van der Waals surface area contributed by atoms with E-state index in [0.717, 1.165) is 25.1 Å². The third-order valence-electron chi connectivity index (χ3n) is 3.65. The van der Waals surface area contributed by atoms with Gasteiger partial charge in [0.25, 0.3) is 0 Å². The van der Waals surface area contributed by atoms with Crippen LogP contribution in [0.25, 0.3) is 0 Å². The van der Waals surface area contributed by atoms with Crippen LogP contribution in [0.5, 0.6) is 0 Å². The first-order valence-electron chi connectivity index (χ1n) is 6.07. The minimum atomic E-state index is 0.219. The number of rotatable bonds is 1. The molecule has 0 spiro atoms. The predicted molar refractivity (Wildman–Crippen MR) is 68.4 cm³/mol. The molecule has 0 aliphatic carbocycles. The number of amides is 1. The zero-order valence-corrected chi connectivity index (χ0v) is 10.3. The van der Waals surface area contributed by atoms with Crippen molar-refractivity contribution in [1.82, 2.24) is 5.32 Å². The number of carbonyl (C=O) groups excluding carboxylic acids is 1. The van der Waals surface area contributed by atoms with Crippen LogP contribution in [0.1, 0.15) is 19.3 Å². The Labute approximate surface area is 106 Å². The monoisotopic (exact) mass is 250 g/mol. The largest absolute Gasteiger partial charge is 0.311 e. The maximum Gasteiger partial charge on any atom is 0.228 e. The van der Waals surface area contributed by atoms with E-state index in [2.05, 4.69) is 5.32 Å². The summed E-state index contributed by atoms with van der Waals surface area (Å²) in [6.07, 6.45) is 2.85. The zero-order chi connectivity index (χ0) is 11.8. The van der Waals surface area contributed by atoms with Gasteiger partial charge in [0.2, 0.25) is 5.91 Å². The van der Waals surface area contributed by atoms with Crippen molar-refractivity contribution in [2.75, 3.05) is 11.4 Å². The lowest BCUT2D eigenvalue weighted by Gasteiger charge is -2.32. The number of carbonyl (C=O) groups is 1. The number of halogens is 1. The van der Waals surface area contributed by atoms with Crippen LogP contribution < -0.4 is 10.2 Å². The Kier molecular flexibility index (Phi) is 2.81. The quantitative estimate of drug-likeness (QED) is 0.829. The average molecular weight is 251 g/mol. The smallest absolute Gasteiger partial charge is 0.228 e. The second-order valence-electron chi connectivity index (χ2n) is 4.71. The standard InChI is InChI=1S/C13H15ClN2O/c14-9-3-5-10(6-4-9)16-12-2-1-7-15-11(12)8-13(16)17/h3-6,11-12,15H,1-2,7-8H2. The summed E-state index contributed by atoms with van der Waals surface area (Å²) in [5, 5.41) is 4.14. The lowest BCUT2D eigenvalue weighted by molar-refractivity contribution is -0.117. The Morgan fingerprint density at radius 3 is 2.82 bits per heavy atom. The van der Waals surface area contributed by atoms with Crippen molar-refractivity contribution in [3.8, 4) is 0 Å². The molecule has 3 rings (SSSR count). The molecule has 0 saturated carbocycles. The predicted octanol–water partition coefficient (Wildman–Crippen LogP) is 2.20. The first kappa shape index (κ1) is 11.1. The third-order valence-corrected chi connectivity index (χ3v) is 3.90. The molecule has 17 heavy (non-hydrogen) atoms. The SMILES string of the molecule is O=C1CC2NCCCC2N1c1ccc(Cl)cc1. The molecule has 1 aromatic carbocycles. The van der Waals surface area contributed by atoms with Gasteiger partial charge < -0.3 is 10.2 Å². The molecule has 0 bridgehead atoms. The summed E-state index contributed by atoms with van der Waals surface area (Å²) in [5.41, 5.74) is 0.968. The molecular formula is C13H15ClN2O. The van der Waals surface area contributed by atoms with Crippen molar-refractivity contribution >= 4 is 23.2 Å². The fourth-order valence-electron chi connectivity index (χ4n) is 2.86. The fraction of sp³-hybridized carbons (Fsp3) is 0.462. The van der Waals surface area contributed by atoms with E-state index in [4.69, 9.17) is 11.6 Å². The van der Waals surface area contributed by atoms with Gasteiger partial charge in [-0.15, -0.1) is 0 Å². The third kappa shape index (κ3) is 1.94. The van der Waals surface area contributed by atoms with Crippen LogP contribution in [-0.2, 0) is 4.79 Å². The highest BCUT2D eigenvalue weighted by atomic mass is 35.5. The molecular weight excluding hydrogens is 236 g/mol. The molecule has 1 aromatic rings. The molecule has 2 saturated heterocycles. The van der Waals surface area contributed by atoms with Crippen molar-refractivity contribution < 1.29 is 4.79 Å². The number of benzene rings is 1. The summed E-state index contributed by atoms with van der Waals surface area (Å²) < 4.78 is 0. The first-order chi connectivity index (χ1) is 8.25. The topological polar surface area (TPSA) is 32.3 Å². The number of piperidine rings is 1. The lowest BCUT2D eigenvalue weighted by atomic mass is 9.99. The Bertz CT molecular complexity index is 432. The van der Waals surface area contributed by atoms with Crippen LogP contribution in [0, 0.1) is 0 Å². The first-order valence-corrected chi connectivity index (χ1v) is 6.44. The molecule has 90 valence electrons. The summed E-state index contributed by atoms with van der Waals surface area (Å²) in [7, 11) is 0. The van der Waals surface area contributed by atoms with E-state index in [0.29, 0.717) is 23.5 Å². The molecule has 1 N–H and O–H groups in total. The van der Waals surface area contributed by atoms with Gasteiger partial charge in [-0.3, -0.25) is 4.79 Å². The van der Waals surface area contributed by atoms with Crippen molar-refractivity contribution in [1.29, 1.82) is 0 Å². The lowest BCUT2D eigenvalue weighted by Crippen LogP contribution is -2.47. The highest BCUT2D eigenvalue weighted by molar-refractivity contribution is 6.30.